The van der Waals surface area contributed by atoms with Crippen molar-refractivity contribution in [2.24, 2.45) is 0 Å². The summed E-state index contributed by atoms with van der Waals surface area (Å²) in [5, 5.41) is 5.32. The number of rotatable bonds is 2. The fourth-order valence-corrected chi connectivity index (χ4v) is 13.6. The van der Waals surface area contributed by atoms with Gasteiger partial charge in [-0.05, 0) is 66.4 Å². The third-order valence-corrected chi connectivity index (χ3v) is 16.3. The van der Waals surface area contributed by atoms with Crippen LogP contribution in [0, 0.1) is 0 Å². The van der Waals surface area contributed by atoms with E-state index in [2.05, 4.69) is 171 Å². The lowest BCUT2D eigenvalue weighted by atomic mass is 9.75. The molecule has 254 valence electrons. The Bertz CT molecular complexity index is 3110. The normalized spacial score (nSPS) is 15.4. The van der Waals surface area contributed by atoms with Gasteiger partial charge in [-0.1, -0.05) is 117 Å². The van der Waals surface area contributed by atoms with Crippen molar-refractivity contribution in [1.29, 1.82) is 0 Å². The van der Waals surface area contributed by atoms with Crippen LogP contribution < -0.4 is 4.90 Å². The number of aromatic nitrogens is 1. The quantitative estimate of drug-likeness (QED) is 0.172. The zero-order chi connectivity index (χ0) is 35.4. The van der Waals surface area contributed by atoms with Crippen LogP contribution in [0.5, 0.6) is 0 Å². The fourth-order valence-electron chi connectivity index (χ4n) is 9.55. The molecule has 0 atom stereocenters. The summed E-state index contributed by atoms with van der Waals surface area (Å²) in [6.45, 7) is 9.59. The second-order valence-corrected chi connectivity index (χ2v) is 18.8. The van der Waals surface area contributed by atoms with Gasteiger partial charge in [0.1, 0.15) is 0 Å². The molecule has 0 N–H and O–H groups in total. The number of hydrogen-bond donors (Lipinski definition) is 0. The van der Waals surface area contributed by atoms with E-state index < -0.39 is 0 Å². The van der Waals surface area contributed by atoms with Crippen LogP contribution in [0.1, 0.15) is 48.6 Å². The Morgan fingerprint density at radius 1 is 0.472 bits per heavy atom. The number of benzene rings is 6. The summed E-state index contributed by atoms with van der Waals surface area (Å²) in [6, 6.07) is 50.1. The first-order valence-electron chi connectivity index (χ1n) is 18.4. The molecule has 0 bridgehead atoms. The Morgan fingerprint density at radius 2 is 1.06 bits per heavy atom. The average molecular weight is 735 g/mol. The van der Waals surface area contributed by atoms with Crippen molar-refractivity contribution in [2.45, 2.75) is 38.5 Å². The van der Waals surface area contributed by atoms with Crippen LogP contribution in [-0.2, 0) is 10.8 Å². The van der Waals surface area contributed by atoms with Crippen molar-refractivity contribution >= 4 is 102 Å². The van der Waals surface area contributed by atoms with Gasteiger partial charge in [0.2, 0.25) is 0 Å². The average Bonchev–Trinajstić information content (AvgIpc) is 3.95. The highest BCUT2D eigenvalue weighted by atomic mass is 32.1. The van der Waals surface area contributed by atoms with Crippen LogP contribution >= 0.6 is 34.0 Å². The van der Waals surface area contributed by atoms with E-state index in [-0.39, 0.29) is 10.8 Å². The molecule has 12 rings (SSSR count). The molecule has 0 radical (unpaired) electrons. The van der Waals surface area contributed by atoms with Crippen molar-refractivity contribution in [2.75, 3.05) is 4.90 Å². The first-order chi connectivity index (χ1) is 25.8. The molecule has 5 heteroatoms. The third-order valence-electron chi connectivity index (χ3n) is 12.0. The van der Waals surface area contributed by atoms with Crippen molar-refractivity contribution in [3.05, 3.63) is 154 Å². The SMILES string of the molecule is CC1(C)c2sc3ccccc3c2N(c2cccc(-c3cccc4c3sc3c5cccc6c5n(c43)-c3ccccc3C6(C)C)c2)c2c1sc1ccccc21. The molecule has 2 aliphatic heterocycles. The van der Waals surface area contributed by atoms with E-state index in [1.807, 2.05) is 34.0 Å². The summed E-state index contributed by atoms with van der Waals surface area (Å²) >= 11 is 5.86. The minimum absolute atomic E-state index is 0.0705. The summed E-state index contributed by atoms with van der Waals surface area (Å²) in [6.07, 6.45) is 0. The molecular weight excluding hydrogens is 701 g/mol. The number of hydrogen-bond acceptors (Lipinski definition) is 4. The van der Waals surface area contributed by atoms with Gasteiger partial charge in [-0.25, -0.2) is 0 Å². The molecule has 4 aromatic heterocycles. The Balaban J connectivity index is 1.12. The van der Waals surface area contributed by atoms with Crippen molar-refractivity contribution in [3.63, 3.8) is 0 Å². The standard InChI is InChI=1S/C48H34N2S3/c1-47(2)34-21-7-8-23-36(34)50-39-32(20-13-22-35(39)47)44-40(50)33-19-12-18-29(43(33)53-44)27-14-11-15-28(26-27)49-41-30-16-5-9-24-37(30)51-45(41)48(3,4)46-42(49)31-17-6-10-25-38(31)52-46/h5-26H,1-4H3. The molecule has 53 heavy (non-hydrogen) atoms. The molecule has 0 saturated carbocycles. The van der Waals surface area contributed by atoms with E-state index in [0.29, 0.717) is 0 Å². The molecule has 0 amide bonds. The molecule has 0 saturated heterocycles. The molecule has 6 heterocycles. The molecular formula is C48H34N2S3. The van der Waals surface area contributed by atoms with Gasteiger partial charge in [-0.15, -0.1) is 34.0 Å². The molecule has 2 nitrogen and oxygen atoms in total. The number of fused-ring (bicyclic) bond motifs is 13. The van der Waals surface area contributed by atoms with Gasteiger partial charge in [0.25, 0.3) is 0 Å². The maximum Gasteiger partial charge on any atom is 0.0728 e. The lowest BCUT2D eigenvalue weighted by molar-refractivity contribution is 0.630. The zero-order valence-electron chi connectivity index (χ0n) is 29.8. The van der Waals surface area contributed by atoms with Gasteiger partial charge in [-0.2, -0.15) is 0 Å². The van der Waals surface area contributed by atoms with Crippen LogP contribution in [0.25, 0.3) is 68.2 Å². The summed E-state index contributed by atoms with van der Waals surface area (Å²) in [5.41, 5.74) is 13.0. The molecule has 0 unspecified atom stereocenters. The predicted octanol–water partition coefficient (Wildman–Crippen LogP) is 14.8. The monoisotopic (exact) mass is 734 g/mol. The van der Waals surface area contributed by atoms with Crippen molar-refractivity contribution < 1.29 is 0 Å². The van der Waals surface area contributed by atoms with E-state index in [4.69, 9.17) is 0 Å². The van der Waals surface area contributed by atoms with E-state index in [9.17, 15) is 0 Å². The first kappa shape index (κ1) is 30.3. The predicted molar refractivity (Wildman–Crippen MR) is 231 cm³/mol. The minimum atomic E-state index is -0.103. The highest BCUT2D eigenvalue weighted by Crippen LogP contribution is 2.61. The van der Waals surface area contributed by atoms with Crippen LogP contribution in [-0.4, -0.2) is 4.57 Å². The highest BCUT2D eigenvalue weighted by Gasteiger charge is 2.42. The number of para-hydroxylation sites is 2. The number of thiophene rings is 3. The summed E-state index contributed by atoms with van der Waals surface area (Å²) < 4.78 is 7.97. The topological polar surface area (TPSA) is 8.17 Å². The Hall–Kier alpha value is -5.20. The van der Waals surface area contributed by atoms with Crippen molar-refractivity contribution in [1.82, 2.24) is 4.57 Å². The summed E-state index contributed by atoms with van der Waals surface area (Å²) in [7, 11) is 0. The Morgan fingerprint density at radius 3 is 1.79 bits per heavy atom. The highest BCUT2D eigenvalue weighted by molar-refractivity contribution is 7.27. The van der Waals surface area contributed by atoms with E-state index in [1.165, 1.54) is 106 Å². The van der Waals surface area contributed by atoms with E-state index >= 15 is 0 Å². The van der Waals surface area contributed by atoms with Gasteiger partial charge in [-0.3, -0.25) is 0 Å². The van der Waals surface area contributed by atoms with Crippen molar-refractivity contribution in [3.8, 4) is 16.8 Å². The second-order valence-electron chi connectivity index (χ2n) is 15.7. The van der Waals surface area contributed by atoms with Gasteiger partial charge in [0, 0.05) is 61.9 Å². The summed E-state index contributed by atoms with van der Waals surface area (Å²) in [4.78, 5) is 5.46. The lowest BCUT2D eigenvalue weighted by Crippen LogP contribution is -2.27. The van der Waals surface area contributed by atoms with Crippen LogP contribution in [0.4, 0.5) is 17.1 Å². The van der Waals surface area contributed by atoms with Crippen LogP contribution in [0.2, 0.25) is 0 Å². The molecule has 0 fully saturated rings. The molecule has 0 aliphatic carbocycles. The van der Waals surface area contributed by atoms with Gasteiger partial charge < -0.3 is 9.47 Å². The van der Waals surface area contributed by atoms with E-state index in [0.717, 1.165) is 0 Å². The van der Waals surface area contributed by atoms with Gasteiger partial charge in [0.15, 0.2) is 0 Å². The third kappa shape index (κ3) is 3.77. The molecule has 2 aliphatic rings. The largest absolute Gasteiger partial charge is 0.307 e. The fraction of sp³-hybridized carbons (Fsp3) is 0.125. The zero-order valence-corrected chi connectivity index (χ0v) is 32.3. The van der Waals surface area contributed by atoms with Crippen LogP contribution in [0.3, 0.4) is 0 Å². The van der Waals surface area contributed by atoms with E-state index in [1.54, 1.807) is 0 Å². The lowest BCUT2D eigenvalue weighted by Gasteiger charge is -2.38. The maximum absolute atomic E-state index is 2.59. The first-order valence-corrected chi connectivity index (χ1v) is 20.8. The smallest absolute Gasteiger partial charge is 0.0728 e. The summed E-state index contributed by atoms with van der Waals surface area (Å²) in [5.74, 6) is 0. The number of anilines is 3. The minimum Gasteiger partial charge on any atom is -0.307 e. The number of nitrogens with zero attached hydrogens (tertiary/aromatic N) is 2. The Labute approximate surface area is 319 Å². The van der Waals surface area contributed by atoms with Gasteiger partial charge >= 0.3 is 0 Å². The molecule has 0 spiro atoms. The second kappa shape index (κ2) is 10.3. The molecule has 10 aromatic rings. The maximum atomic E-state index is 2.59. The van der Waals surface area contributed by atoms with Gasteiger partial charge in [0.05, 0.1) is 32.8 Å². The Kier molecular flexibility index (Phi) is 5.86. The molecule has 6 aromatic carbocycles. The van der Waals surface area contributed by atoms with Crippen LogP contribution in [0.15, 0.2) is 133 Å².